The summed E-state index contributed by atoms with van der Waals surface area (Å²) in [4.78, 5) is 26.9. The van der Waals surface area contributed by atoms with Crippen LogP contribution in [0, 0.1) is 0 Å². The molecule has 8 nitrogen and oxygen atoms in total. The van der Waals surface area contributed by atoms with Gasteiger partial charge in [0.2, 0.25) is 0 Å². The molecule has 0 atom stereocenters. The van der Waals surface area contributed by atoms with Crippen molar-refractivity contribution in [1.29, 1.82) is 0 Å². The number of carbonyl (C=O) groups excluding carboxylic acids is 2. The van der Waals surface area contributed by atoms with Crippen LogP contribution in [0.15, 0.2) is 23.6 Å². The van der Waals surface area contributed by atoms with E-state index in [4.69, 9.17) is 19.9 Å². The van der Waals surface area contributed by atoms with E-state index >= 15 is 0 Å². The smallest absolute Gasteiger partial charge is 0.312 e. The molecule has 1 heterocycles. The first-order valence-electron chi connectivity index (χ1n) is 8.89. The van der Waals surface area contributed by atoms with Crippen LogP contribution in [0.1, 0.15) is 31.4 Å². The van der Waals surface area contributed by atoms with Crippen molar-refractivity contribution in [3.8, 4) is 22.1 Å². The number of aromatic nitrogens is 1. The van der Waals surface area contributed by atoms with Gasteiger partial charge in [-0.25, -0.2) is 9.78 Å². The predicted octanol–water partition coefficient (Wildman–Crippen LogP) is 3.10. The normalized spacial score (nSPS) is 10.4. The first-order chi connectivity index (χ1) is 13.5. The van der Waals surface area contributed by atoms with Gasteiger partial charge < -0.3 is 25.3 Å². The molecule has 0 saturated carbocycles. The molecule has 0 spiro atoms. The summed E-state index contributed by atoms with van der Waals surface area (Å²) in [5.74, 6) is 1.03. The lowest BCUT2D eigenvalue weighted by Gasteiger charge is -2.08. The van der Waals surface area contributed by atoms with Gasteiger partial charge >= 0.3 is 12.0 Å². The molecule has 0 bridgehead atoms. The van der Waals surface area contributed by atoms with Crippen LogP contribution in [0.4, 0.5) is 4.79 Å². The molecule has 0 unspecified atom stereocenters. The van der Waals surface area contributed by atoms with E-state index < -0.39 is 6.03 Å². The molecule has 2 rings (SSSR count). The highest BCUT2D eigenvalue weighted by molar-refractivity contribution is 7.13. The minimum absolute atomic E-state index is 0.145. The zero-order valence-corrected chi connectivity index (χ0v) is 16.8. The van der Waals surface area contributed by atoms with Crippen molar-refractivity contribution in [3.63, 3.8) is 0 Å². The van der Waals surface area contributed by atoms with Crippen molar-refractivity contribution in [2.75, 3.05) is 20.8 Å². The van der Waals surface area contributed by atoms with E-state index in [1.165, 1.54) is 11.3 Å². The van der Waals surface area contributed by atoms with E-state index in [0.717, 1.165) is 23.4 Å². The molecule has 0 aliphatic rings. The van der Waals surface area contributed by atoms with Gasteiger partial charge in [0.1, 0.15) is 11.6 Å². The van der Waals surface area contributed by atoms with E-state index in [1.807, 2.05) is 23.6 Å². The number of benzene rings is 1. The number of amides is 2. The summed E-state index contributed by atoms with van der Waals surface area (Å²) >= 11 is 1.47. The number of nitrogens with one attached hydrogen (secondary N) is 1. The third-order valence-corrected chi connectivity index (χ3v) is 4.86. The van der Waals surface area contributed by atoms with E-state index in [2.05, 4.69) is 10.3 Å². The molecule has 0 aliphatic heterocycles. The summed E-state index contributed by atoms with van der Waals surface area (Å²) in [6, 6.07) is 5.06. The Kier molecular flexibility index (Phi) is 8.54. The monoisotopic (exact) mass is 407 g/mol. The Morgan fingerprint density at radius 3 is 2.64 bits per heavy atom. The molecule has 1 aromatic carbocycles. The molecular weight excluding hydrogens is 382 g/mol. The first-order valence-corrected chi connectivity index (χ1v) is 9.77. The quantitative estimate of drug-likeness (QED) is 0.437. The number of hydrogen-bond acceptors (Lipinski definition) is 7. The Hall–Kier alpha value is -2.81. The number of thiazole rings is 1. The van der Waals surface area contributed by atoms with Crippen LogP contribution in [-0.4, -0.2) is 37.7 Å². The number of nitrogens with zero attached hydrogens (tertiary/aromatic N) is 1. The fourth-order valence-electron chi connectivity index (χ4n) is 2.48. The lowest BCUT2D eigenvalue weighted by Crippen LogP contribution is -2.29. The maximum Gasteiger partial charge on any atom is 0.312 e. The highest BCUT2D eigenvalue weighted by atomic mass is 32.1. The molecule has 2 amide bonds. The van der Waals surface area contributed by atoms with Crippen molar-refractivity contribution in [2.45, 2.75) is 32.3 Å². The molecule has 0 saturated heterocycles. The number of primary amides is 1. The molecule has 152 valence electrons. The van der Waals surface area contributed by atoms with Gasteiger partial charge in [0.25, 0.3) is 0 Å². The Balaban J connectivity index is 1.77. The molecule has 1 aromatic heterocycles. The maximum atomic E-state index is 11.8. The fraction of sp³-hybridized carbons (Fsp3) is 0.421. The average molecular weight is 407 g/mol. The van der Waals surface area contributed by atoms with Crippen LogP contribution in [0.3, 0.4) is 0 Å². The number of rotatable bonds is 11. The fourth-order valence-corrected chi connectivity index (χ4v) is 3.29. The molecule has 3 N–H and O–H groups in total. The van der Waals surface area contributed by atoms with E-state index in [9.17, 15) is 9.59 Å². The largest absolute Gasteiger partial charge is 0.493 e. The summed E-state index contributed by atoms with van der Waals surface area (Å²) in [6.45, 7) is 0.661. The zero-order valence-electron chi connectivity index (χ0n) is 16.0. The molecule has 0 aliphatic carbocycles. The number of esters is 1. The third-order valence-electron chi connectivity index (χ3n) is 3.92. The predicted molar refractivity (Wildman–Crippen MR) is 107 cm³/mol. The summed E-state index contributed by atoms with van der Waals surface area (Å²) in [5.41, 5.74) is 6.59. The number of nitrogens with two attached hydrogens (primary N) is 1. The lowest BCUT2D eigenvalue weighted by atomic mass is 10.2. The molecule has 2 aromatic rings. The number of ether oxygens (including phenoxy) is 3. The Labute approximate surface area is 168 Å². The second-order valence-electron chi connectivity index (χ2n) is 5.98. The number of hydrogen-bond donors (Lipinski definition) is 2. The van der Waals surface area contributed by atoms with Gasteiger partial charge in [-0.3, -0.25) is 4.79 Å². The number of carbonyl (C=O) groups is 2. The molecule has 28 heavy (non-hydrogen) atoms. The minimum Gasteiger partial charge on any atom is -0.493 e. The van der Waals surface area contributed by atoms with Crippen LogP contribution in [0.2, 0.25) is 0 Å². The van der Waals surface area contributed by atoms with Gasteiger partial charge in [-0.15, -0.1) is 11.3 Å². The Bertz CT molecular complexity index is 794. The standard InChI is InChI=1S/C19H25N3O5S/c1-25-15-8-7-13(10-16(15)26-2)18-22-14(12-28-18)11-27-17(23)6-4-3-5-9-21-19(20)24/h7-8,10,12H,3-6,9,11H2,1-2H3,(H3,20,21,24). The van der Waals surface area contributed by atoms with Crippen molar-refractivity contribution in [2.24, 2.45) is 5.73 Å². The second-order valence-corrected chi connectivity index (χ2v) is 6.83. The van der Waals surface area contributed by atoms with Crippen LogP contribution >= 0.6 is 11.3 Å². The van der Waals surface area contributed by atoms with E-state index in [-0.39, 0.29) is 12.6 Å². The molecule has 0 fully saturated rings. The van der Waals surface area contributed by atoms with Gasteiger partial charge in [0.15, 0.2) is 11.5 Å². The minimum atomic E-state index is -0.532. The Morgan fingerprint density at radius 2 is 1.93 bits per heavy atom. The van der Waals surface area contributed by atoms with Crippen LogP contribution in [-0.2, 0) is 16.1 Å². The SMILES string of the molecule is COc1ccc(-c2nc(COC(=O)CCCCCNC(N)=O)cs2)cc1OC. The lowest BCUT2D eigenvalue weighted by molar-refractivity contribution is -0.145. The third kappa shape index (κ3) is 6.73. The number of urea groups is 1. The van der Waals surface area contributed by atoms with Gasteiger partial charge in [-0.05, 0) is 31.0 Å². The topological polar surface area (TPSA) is 113 Å². The van der Waals surface area contributed by atoms with Gasteiger partial charge in [0, 0.05) is 23.9 Å². The summed E-state index contributed by atoms with van der Waals surface area (Å²) in [5, 5.41) is 5.19. The Morgan fingerprint density at radius 1 is 1.14 bits per heavy atom. The van der Waals surface area contributed by atoms with Crippen molar-refractivity contribution < 1.29 is 23.8 Å². The number of unbranched alkanes of at least 4 members (excludes halogenated alkanes) is 2. The summed E-state index contributed by atoms with van der Waals surface area (Å²) < 4.78 is 15.8. The highest BCUT2D eigenvalue weighted by Gasteiger charge is 2.11. The highest BCUT2D eigenvalue weighted by Crippen LogP contribution is 2.33. The van der Waals surface area contributed by atoms with Crippen LogP contribution < -0.4 is 20.5 Å². The maximum absolute atomic E-state index is 11.8. The van der Waals surface area contributed by atoms with E-state index in [1.54, 1.807) is 14.2 Å². The summed E-state index contributed by atoms with van der Waals surface area (Å²) in [7, 11) is 3.17. The molecular formula is C19H25N3O5S. The van der Waals surface area contributed by atoms with Crippen molar-refractivity contribution in [1.82, 2.24) is 10.3 Å². The molecule has 0 radical (unpaired) electrons. The first kappa shape index (κ1) is 21.5. The van der Waals surface area contributed by atoms with Crippen LogP contribution in [0.25, 0.3) is 10.6 Å². The molecule has 9 heteroatoms. The van der Waals surface area contributed by atoms with Crippen molar-refractivity contribution in [3.05, 3.63) is 29.3 Å². The van der Waals surface area contributed by atoms with Crippen LogP contribution in [0.5, 0.6) is 11.5 Å². The number of methoxy groups -OCH3 is 2. The second kappa shape index (κ2) is 11.1. The van der Waals surface area contributed by atoms with Gasteiger partial charge in [-0.1, -0.05) is 6.42 Å². The summed E-state index contributed by atoms with van der Waals surface area (Å²) in [6.07, 6.45) is 2.63. The van der Waals surface area contributed by atoms with Gasteiger partial charge in [0.05, 0.1) is 19.9 Å². The van der Waals surface area contributed by atoms with Crippen molar-refractivity contribution >= 4 is 23.3 Å². The van der Waals surface area contributed by atoms with E-state index in [0.29, 0.717) is 36.6 Å². The average Bonchev–Trinajstić information content (AvgIpc) is 3.17. The van der Waals surface area contributed by atoms with Gasteiger partial charge in [-0.2, -0.15) is 0 Å². The zero-order chi connectivity index (χ0) is 20.4.